The minimum atomic E-state index is -0.618. The van der Waals surface area contributed by atoms with Crippen LogP contribution in [0.2, 0.25) is 15.1 Å². The summed E-state index contributed by atoms with van der Waals surface area (Å²) in [4.78, 5) is 0. The van der Waals surface area contributed by atoms with Crippen molar-refractivity contribution in [3.63, 3.8) is 0 Å². The second kappa shape index (κ2) is 11.8. The fraction of sp³-hybridized carbons (Fsp3) is 0.391. The third-order valence-corrected chi connectivity index (χ3v) is 5.82. The van der Waals surface area contributed by atoms with Crippen LogP contribution >= 0.6 is 34.8 Å². The van der Waals surface area contributed by atoms with Gasteiger partial charge < -0.3 is 9.84 Å². The van der Waals surface area contributed by atoms with Gasteiger partial charge in [-0.15, -0.1) is 5.10 Å². The summed E-state index contributed by atoms with van der Waals surface area (Å²) in [5.74, 6) is 0. The first-order valence-corrected chi connectivity index (χ1v) is 11.5. The molecule has 0 spiro atoms. The molecule has 3 aromatic rings. The lowest BCUT2D eigenvalue weighted by Gasteiger charge is -2.20. The molecule has 3 rings (SSSR count). The molecule has 0 bridgehead atoms. The van der Waals surface area contributed by atoms with Crippen LogP contribution in [0.1, 0.15) is 61.6 Å². The van der Waals surface area contributed by atoms with Crippen molar-refractivity contribution in [3.8, 4) is 0 Å². The molecule has 2 atom stereocenters. The Labute approximate surface area is 197 Å². The van der Waals surface area contributed by atoms with Crippen molar-refractivity contribution >= 4 is 34.8 Å². The molecule has 1 N–H and O–H groups in total. The van der Waals surface area contributed by atoms with Crippen molar-refractivity contribution in [1.82, 2.24) is 15.0 Å². The average Bonchev–Trinajstić information content (AvgIpc) is 3.21. The summed E-state index contributed by atoms with van der Waals surface area (Å²) in [6, 6.07) is 12.8. The first-order chi connectivity index (χ1) is 15.0. The van der Waals surface area contributed by atoms with E-state index in [0.29, 0.717) is 40.3 Å². The van der Waals surface area contributed by atoms with Crippen LogP contribution in [0.15, 0.2) is 48.7 Å². The van der Waals surface area contributed by atoms with E-state index >= 15 is 0 Å². The van der Waals surface area contributed by atoms with E-state index < -0.39 is 6.10 Å². The average molecular weight is 483 g/mol. The molecule has 0 saturated heterocycles. The first-order valence-electron chi connectivity index (χ1n) is 10.4. The van der Waals surface area contributed by atoms with Gasteiger partial charge in [-0.1, -0.05) is 84.4 Å². The first kappa shape index (κ1) is 24.0. The molecule has 0 radical (unpaired) electrons. The van der Waals surface area contributed by atoms with Crippen LogP contribution in [0.25, 0.3) is 0 Å². The summed E-state index contributed by atoms with van der Waals surface area (Å²) < 4.78 is 7.88. The smallest absolute Gasteiger partial charge is 0.111 e. The summed E-state index contributed by atoms with van der Waals surface area (Å²) >= 11 is 18.5. The van der Waals surface area contributed by atoms with Gasteiger partial charge in [0.25, 0.3) is 0 Å². The van der Waals surface area contributed by atoms with E-state index in [4.69, 9.17) is 39.5 Å². The summed E-state index contributed by atoms with van der Waals surface area (Å²) in [5.41, 5.74) is 2.36. The lowest BCUT2D eigenvalue weighted by atomic mass is 10.1. The molecular weight excluding hydrogens is 457 g/mol. The van der Waals surface area contributed by atoms with Gasteiger partial charge in [0.05, 0.1) is 25.5 Å². The number of halogens is 3. The van der Waals surface area contributed by atoms with Gasteiger partial charge in [0.2, 0.25) is 0 Å². The Morgan fingerprint density at radius 1 is 1.03 bits per heavy atom. The highest BCUT2D eigenvalue weighted by Gasteiger charge is 2.19. The van der Waals surface area contributed by atoms with E-state index in [1.54, 1.807) is 23.0 Å². The van der Waals surface area contributed by atoms with Crippen molar-refractivity contribution in [2.75, 3.05) is 0 Å². The molecule has 166 valence electrons. The Balaban J connectivity index is 1.74. The third kappa shape index (κ3) is 7.19. The predicted molar refractivity (Wildman–Crippen MR) is 125 cm³/mol. The lowest BCUT2D eigenvalue weighted by Crippen LogP contribution is -2.14. The van der Waals surface area contributed by atoms with Gasteiger partial charge in [-0.25, -0.2) is 4.68 Å². The van der Waals surface area contributed by atoms with Gasteiger partial charge in [0.1, 0.15) is 11.8 Å². The van der Waals surface area contributed by atoms with Gasteiger partial charge >= 0.3 is 0 Å². The number of unbranched alkanes of at least 4 members (excludes halogenated alkanes) is 2. The van der Waals surface area contributed by atoms with Crippen LogP contribution < -0.4 is 0 Å². The van der Waals surface area contributed by atoms with Crippen LogP contribution in [-0.2, 0) is 17.9 Å². The summed E-state index contributed by atoms with van der Waals surface area (Å²) in [5, 5.41) is 20.5. The number of aliphatic hydroxyl groups is 1. The van der Waals surface area contributed by atoms with Crippen LogP contribution in [0.5, 0.6) is 0 Å². The fourth-order valence-electron chi connectivity index (χ4n) is 3.24. The molecule has 2 unspecified atom stereocenters. The number of hydrogen-bond acceptors (Lipinski definition) is 4. The Hall–Kier alpha value is -1.63. The molecule has 0 aliphatic heterocycles. The number of hydrogen-bond donors (Lipinski definition) is 1. The van der Waals surface area contributed by atoms with E-state index in [-0.39, 0.29) is 6.10 Å². The Kier molecular flexibility index (Phi) is 9.17. The maximum absolute atomic E-state index is 10.4. The highest BCUT2D eigenvalue weighted by Crippen LogP contribution is 2.30. The summed E-state index contributed by atoms with van der Waals surface area (Å²) in [7, 11) is 0. The Morgan fingerprint density at radius 2 is 1.77 bits per heavy atom. The molecule has 5 nitrogen and oxygen atoms in total. The number of rotatable bonds is 11. The van der Waals surface area contributed by atoms with Crippen molar-refractivity contribution < 1.29 is 9.84 Å². The van der Waals surface area contributed by atoms with Crippen molar-refractivity contribution in [3.05, 3.63) is 80.6 Å². The number of benzene rings is 2. The van der Waals surface area contributed by atoms with Crippen LogP contribution in [0.3, 0.4) is 0 Å². The van der Waals surface area contributed by atoms with E-state index in [1.165, 1.54) is 0 Å². The number of nitrogens with zero attached hydrogens (tertiary/aromatic N) is 3. The molecular formula is C23H26Cl3N3O2. The Morgan fingerprint density at radius 3 is 2.48 bits per heavy atom. The maximum Gasteiger partial charge on any atom is 0.111 e. The molecule has 31 heavy (non-hydrogen) atoms. The van der Waals surface area contributed by atoms with Gasteiger partial charge in [0, 0.05) is 20.6 Å². The lowest BCUT2D eigenvalue weighted by molar-refractivity contribution is 0.0254. The summed E-state index contributed by atoms with van der Waals surface area (Å²) in [6.45, 7) is 2.90. The zero-order valence-electron chi connectivity index (χ0n) is 17.3. The van der Waals surface area contributed by atoms with E-state index in [1.807, 2.05) is 30.3 Å². The van der Waals surface area contributed by atoms with Gasteiger partial charge in [-0.2, -0.15) is 0 Å². The third-order valence-electron chi connectivity index (χ3n) is 5.01. The minimum Gasteiger partial charge on any atom is -0.387 e. The van der Waals surface area contributed by atoms with Gasteiger partial charge in [-0.05, 0) is 36.2 Å². The van der Waals surface area contributed by atoms with Crippen LogP contribution in [0, 0.1) is 0 Å². The SMILES string of the molecule is CCCCCC(O)c1cn(CC(OCc2ccc(Cl)cc2)c2ccc(Cl)cc2Cl)nn1. The van der Waals surface area contributed by atoms with Crippen LogP contribution in [-0.4, -0.2) is 20.1 Å². The molecule has 8 heteroatoms. The molecule has 0 amide bonds. The quantitative estimate of drug-likeness (QED) is 0.305. The number of ether oxygens (including phenoxy) is 1. The highest BCUT2D eigenvalue weighted by molar-refractivity contribution is 6.35. The summed E-state index contributed by atoms with van der Waals surface area (Å²) in [6.07, 6.45) is 4.58. The Bertz CT molecular complexity index is 963. The molecule has 0 aliphatic rings. The molecule has 1 aromatic heterocycles. The van der Waals surface area contributed by atoms with E-state index in [0.717, 1.165) is 30.4 Å². The van der Waals surface area contributed by atoms with Gasteiger partial charge in [-0.3, -0.25) is 0 Å². The molecule has 2 aromatic carbocycles. The maximum atomic E-state index is 10.4. The number of aliphatic hydroxyl groups excluding tert-OH is 1. The molecule has 1 heterocycles. The standard InChI is InChI=1S/C23H26Cl3N3O2/c1-2-3-4-5-22(30)21-13-29(28-27-21)14-23(19-11-10-18(25)12-20(19)26)31-15-16-6-8-17(24)9-7-16/h6-13,22-23,30H,2-5,14-15H2,1H3. The van der Waals surface area contributed by atoms with Crippen molar-refractivity contribution in [1.29, 1.82) is 0 Å². The zero-order valence-corrected chi connectivity index (χ0v) is 19.6. The van der Waals surface area contributed by atoms with E-state index in [2.05, 4.69) is 17.2 Å². The van der Waals surface area contributed by atoms with E-state index in [9.17, 15) is 5.11 Å². The fourth-order valence-corrected chi connectivity index (χ4v) is 3.90. The molecule has 0 aliphatic carbocycles. The van der Waals surface area contributed by atoms with Crippen LogP contribution in [0.4, 0.5) is 0 Å². The van der Waals surface area contributed by atoms with Gasteiger partial charge in [0.15, 0.2) is 0 Å². The molecule has 0 fully saturated rings. The number of aromatic nitrogens is 3. The normalized spacial score (nSPS) is 13.3. The zero-order chi connectivity index (χ0) is 22.2. The predicted octanol–water partition coefficient (Wildman–Crippen LogP) is 6.81. The molecule has 0 saturated carbocycles. The second-order valence-electron chi connectivity index (χ2n) is 7.47. The largest absolute Gasteiger partial charge is 0.387 e. The van der Waals surface area contributed by atoms with Crippen molar-refractivity contribution in [2.24, 2.45) is 0 Å². The minimum absolute atomic E-state index is 0.377. The topological polar surface area (TPSA) is 60.2 Å². The second-order valence-corrected chi connectivity index (χ2v) is 8.75. The highest BCUT2D eigenvalue weighted by atomic mass is 35.5. The monoisotopic (exact) mass is 481 g/mol. The van der Waals surface area contributed by atoms with Crippen molar-refractivity contribution in [2.45, 2.75) is 58.0 Å².